The smallest absolute Gasteiger partial charge is 0.373 e. The lowest BCUT2D eigenvalue weighted by molar-refractivity contribution is -0.144. The molecule has 1 rings (SSSR count). The SMILES string of the molecule is CNc1cc(NCC(C)N(C)C)nc(C(F)(F)F)n1. The van der Waals surface area contributed by atoms with Gasteiger partial charge in [0.2, 0.25) is 5.82 Å². The second-order valence-corrected chi connectivity index (χ2v) is 4.40. The average molecular weight is 277 g/mol. The Kier molecular flexibility index (Phi) is 4.93. The van der Waals surface area contributed by atoms with Crippen molar-refractivity contribution in [2.45, 2.75) is 19.1 Å². The number of aromatic nitrogens is 2. The molecule has 0 fully saturated rings. The largest absolute Gasteiger partial charge is 0.451 e. The molecule has 5 nitrogen and oxygen atoms in total. The highest BCUT2D eigenvalue weighted by atomic mass is 19.4. The molecule has 19 heavy (non-hydrogen) atoms. The van der Waals surface area contributed by atoms with Crippen LogP contribution in [0.5, 0.6) is 0 Å². The fourth-order valence-electron chi connectivity index (χ4n) is 1.23. The van der Waals surface area contributed by atoms with E-state index in [2.05, 4.69) is 20.6 Å². The van der Waals surface area contributed by atoms with E-state index in [0.717, 1.165) is 0 Å². The highest BCUT2D eigenvalue weighted by Crippen LogP contribution is 2.28. The minimum atomic E-state index is -4.56. The van der Waals surface area contributed by atoms with Crippen molar-refractivity contribution in [3.8, 4) is 0 Å². The molecule has 0 radical (unpaired) electrons. The second kappa shape index (κ2) is 6.05. The molecule has 0 aliphatic rings. The van der Waals surface area contributed by atoms with Crippen LogP contribution in [0.2, 0.25) is 0 Å². The van der Waals surface area contributed by atoms with Crippen LogP contribution in [0.15, 0.2) is 6.07 Å². The number of nitrogens with one attached hydrogen (secondary N) is 2. The summed E-state index contributed by atoms with van der Waals surface area (Å²) in [5.74, 6) is -0.873. The third-order valence-electron chi connectivity index (χ3n) is 2.70. The van der Waals surface area contributed by atoms with Gasteiger partial charge < -0.3 is 15.5 Å². The maximum Gasteiger partial charge on any atom is 0.451 e. The fourth-order valence-corrected chi connectivity index (χ4v) is 1.23. The summed E-state index contributed by atoms with van der Waals surface area (Å²) in [6.07, 6.45) is -4.56. The molecular formula is C11H18F3N5. The van der Waals surface area contributed by atoms with Crippen LogP contribution in [0.1, 0.15) is 12.7 Å². The Bertz CT molecular complexity index is 419. The lowest BCUT2D eigenvalue weighted by atomic mass is 10.3. The molecular weight excluding hydrogens is 259 g/mol. The number of hydrogen-bond donors (Lipinski definition) is 2. The fraction of sp³-hybridized carbons (Fsp3) is 0.636. The third-order valence-corrected chi connectivity index (χ3v) is 2.70. The molecule has 1 aromatic heterocycles. The first kappa shape index (κ1) is 15.5. The molecule has 108 valence electrons. The van der Waals surface area contributed by atoms with Gasteiger partial charge in [0, 0.05) is 25.7 Å². The van der Waals surface area contributed by atoms with E-state index >= 15 is 0 Å². The van der Waals surface area contributed by atoms with Crippen molar-refractivity contribution >= 4 is 11.6 Å². The number of hydrogen-bond acceptors (Lipinski definition) is 5. The molecule has 1 atom stereocenters. The summed E-state index contributed by atoms with van der Waals surface area (Å²) in [6.45, 7) is 2.45. The van der Waals surface area contributed by atoms with Gasteiger partial charge in [0.15, 0.2) is 0 Å². The lowest BCUT2D eigenvalue weighted by Gasteiger charge is -2.20. The van der Waals surface area contributed by atoms with Crippen LogP contribution >= 0.6 is 0 Å². The van der Waals surface area contributed by atoms with Crippen molar-refractivity contribution in [1.82, 2.24) is 14.9 Å². The molecule has 0 aliphatic carbocycles. The number of halogens is 3. The van der Waals surface area contributed by atoms with Crippen LogP contribution < -0.4 is 10.6 Å². The van der Waals surface area contributed by atoms with Crippen molar-refractivity contribution in [2.24, 2.45) is 0 Å². The minimum Gasteiger partial charge on any atom is -0.373 e. The van der Waals surface area contributed by atoms with Gasteiger partial charge in [-0.2, -0.15) is 13.2 Å². The molecule has 0 saturated carbocycles. The summed E-state index contributed by atoms with van der Waals surface area (Å²) in [7, 11) is 5.30. The molecule has 0 aliphatic heterocycles. The van der Waals surface area contributed by atoms with Crippen LogP contribution in [-0.2, 0) is 6.18 Å². The zero-order valence-corrected chi connectivity index (χ0v) is 11.3. The molecule has 0 bridgehead atoms. The Balaban J connectivity index is 2.89. The van der Waals surface area contributed by atoms with Crippen LogP contribution in [0, 0.1) is 0 Å². The van der Waals surface area contributed by atoms with Gasteiger partial charge in [0.25, 0.3) is 0 Å². The highest BCUT2D eigenvalue weighted by Gasteiger charge is 2.35. The van der Waals surface area contributed by atoms with Crippen molar-refractivity contribution in [3.63, 3.8) is 0 Å². The average Bonchev–Trinajstić information content (AvgIpc) is 2.34. The maximum absolute atomic E-state index is 12.6. The zero-order valence-electron chi connectivity index (χ0n) is 11.3. The first-order valence-corrected chi connectivity index (χ1v) is 5.78. The van der Waals surface area contributed by atoms with Crippen LogP contribution in [0.4, 0.5) is 24.8 Å². The summed E-state index contributed by atoms with van der Waals surface area (Å²) >= 11 is 0. The second-order valence-electron chi connectivity index (χ2n) is 4.40. The molecule has 1 heterocycles. The third kappa shape index (κ3) is 4.55. The first-order chi connectivity index (χ1) is 8.74. The van der Waals surface area contributed by atoms with Crippen molar-refractivity contribution in [2.75, 3.05) is 38.3 Å². The van der Waals surface area contributed by atoms with E-state index in [9.17, 15) is 13.2 Å². The van der Waals surface area contributed by atoms with Crippen molar-refractivity contribution in [3.05, 3.63) is 11.9 Å². The van der Waals surface area contributed by atoms with E-state index in [1.807, 2.05) is 25.9 Å². The molecule has 1 unspecified atom stereocenters. The Morgan fingerprint density at radius 1 is 1.26 bits per heavy atom. The first-order valence-electron chi connectivity index (χ1n) is 5.78. The zero-order chi connectivity index (χ0) is 14.6. The van der Waals surface area contributed by atoms with E-state index in [1.54, 1.807) is 0 Å². The summed E-state index contributed by atoms with van der Waals surface area (Å²) in [4.78, 5) is 8.82. The number of rotatable bonds is 5. The van der Waals surface area contributed by atoms with Gasteiger partial charge in [-0.1, -0.05) is 0 Å². The topological polar surface area (TPSA) is 53.1 Å². The standard InChI is InChI=1S/C11H18F3N5/c1-7(19(3)4)6-16-9-5-8(15-2)17-10(18-9)11(12,13)14/h5,7H,6H2,1-4H3,(H2,15,16,17,18). The molecule has 0 spiro atoms. The van der Waals surface area contributed by atoms with Crippen LogP contribution in [-0.4, -0.2) is 48.6 Å². The van der Waals surface area contributed by atoms with Gasteiger partial charge in [-0.15, -0.1) is 0 Å². The van der Waals surface area contributed by atoms with E-state index < -0.39 is 12.0 Å². The van der Waals surface area contributed by atoms with Gasteiger partial charge in [-0.05, 0) is 21.0 Å². The maximum atomic E-state index is 12.6. The van der Waals surface area contributed by atoms with Gasteiger partial charge in [0.1, 0.15) is 11.6 Å². The summed E-state index contributed by atoms with van der Waals surface area (Å²) in [5.41, 5.74) is 0. The van der Waals surface area contributed by atoms with Crippen molar-refractivity contribution < 1.29 is 13.2 Å². The molecule has 8 heteroatoms. The quantitative estimate of drug-likeness (QED) is 0.861. The predicted molar refractivity (Wildman–Crippen MR) is 68.2 cm³/mol. The van der Waals surface area contributed by atoms with E-state index in [4.69, 9.17) is 0 Å². The number of likely N-dealkylation sites (N-methyl/N-ethyl adjacent to an activating group) is 1. The van der Waals surface area contributed by atoms with Gasteiger partial charge in [-0.25, -0.2) is 9.97 Å². The molecule has 0 amide bonds. The summed E-state index contributed by atoms with van der Waals surface area (Å²) in [6, 6.07) is 1.61. The monoisotopic (exact) mass is 277 g/mol. The van der Waals surface area contributed by atoms with Crippen LogP contribution in [0.25, 0.3) is 0 Å². The Morgan fingerprint density at radius 2 is 1.84 bits per heavy atom. The van der Waals surface area contributed by atoms with E-state index in [0.29, 0.717) is 6.54 Å². The minimum absolute atomic E-state index is 0.127. The Labute approximate surface area is 110 Å². The molecule has 0 aromatic carbocycles. The summed E-state index contributed by atoms with van der Waals surface area (Å²) in [5, 5.41) is 5.47. The lowest BCUT2D eigenvalue weighted by Crippen LogP contribution is -2.31. The highest BCUT2D eigenvalue weighted by molar-refractivity contribution is 5.47. The van der Waals surface area contributed by atoms with Gasteiger partial charge in [0.05, 0.1) is 0 Å². The van der Waals surface area contributed by atoms with E-state index in [1.165, 1.54) is 13.1 Å². The Hall–Kier alpha value is -1.57. The predicted octanol–water partition coefficient (Wildman–Crippen LogP) is 1.90. The molecule has 2 N–H and O–H groups in total. The molecule has 1 aromatic rings. The van der Waals surface area contributed by atoms with Crippen molar-refractivity contribution in [1.29, 1.82) is 0 Å². The molecule has 0 saturated heterocycles. The van der Waals surface area contributed by atoms with Gasteiger partial charge in [-0.3, -0.25) is 0 Å². The van der Waals surface area contributed by atoms with Gasteiger partial charge >= 0.3 is 6.18 Å². The normalized spacial score (nSPS) is 13.5. The summed E-state index contributed by atoms with van der Waals surface area (Å²) < 4.78 is 37.9. The van der Waals surface area contributed by atoms with E-state index in [-0.39, 0.29) is 17.7 Å². The number of alkyl halides is 3. The number of nitrogens with zero attached hydrogens (tertiary/aromatic N) is 3. The van der Waals surface area contributed by atoms with Crippen LogP contribution in [0.3, 0.4) is 0 Å². The number of anilines is 2. The Morgan fingerprint density at radius 3 is 2.32 bits per heavy atom.